The molecule has 2 rings (SSSR count). The Morgan fingerprint density at radius 1 is 1.14 bits per heavy atom. The molecule has 0 unspecified atom stereocenters. The molecule has 0 aliphatic heterocycles. The molecule has 0 saturated heterocycles. The molecule has 0 radical (unpaired) electrons. The van der Waals surface area contributed by atoms with Crippen LogP contribution < -0.4 is 0 Å². The molecule has 0 aromatic heterocycles. The topological polar surface area (TPSA) is 46.5 Å². The molecule has 3 heteroatoms. The summed E-state index contributed by atoms with van der Waals surface area (Å²) in [7, 11) is 0. The van der Waals surface area contributed by atoms with Crippen LogP contribution in [0.5, 0.6) is 0 Å². The fraction of sp³-hybridized carbons (Fsp3) is 0. The third-order valence-electron chi connectivity index (χ3n) is 2.13. The van der Waals surface area contributed by atoms with E-state index in [1.54, 1.807) is 30.3 Å². The molecule has 14 heavy (non-hydrogen) atoms. The third-order valence-corrected chi connectivity index (χ3v) is 2.13. The van der Waals surface area contributed by atoms with Gasteiger partial charge in [-0.05, 0) is 28.1 Å². The zero-order valence-corrected chi connectivity index (χ0v) is 7.31. The lowest BCUT2D eigenvalue weighted by Crippen LogP contribution is -1.81. The molecule has 0 atom stereocenters. The third kappa shape index (κ3) is 1.29. The number of benzene rings is 2. The van der Waals surface area contributed by atoms with Crippen LogP contribution in [0.25, 0.3) is 10.8 Å². The summed E-state index contributed by atoms with van der Waals surface area (Å²) >= 11 is 0. The molecule has 0 saturated carbocycles. The first-order chi connectivity index (χ1) is 6.85. The van der Waals surface area contributed by atoms with Crippen LogP contribution in [0.1, 0.15) is 10.4 Å². The molecule has 0 amide bonds. The number of nitrogens with zero attached hydrogens (tertiary/aromatic N) is 1. The highest BCUT2D eigenvalue weighted by Gasteiger charge is 2.00. The largest absolute Gasteiger partial charge is 0.298 e. The van der Waals surface area contributed by atoms with Gasteiger partial charge in [0.1, 0.15) is 5.69 Å². The van der Waals surface area contributed by atoms with Crippen LogP contribution >= 0.6 is 0 Å². The van der Waals surface area contributed by atoms with Gasteiger partial charge in [-0.15, -0.1) is 4.91 Å². The minimum absolute atomic E-state index is 0.376. The van der Waals surface area contributed by atoms with Crippen molar-refractivity contribution in [3.05, 3.63) is 46.9 Å². The Labute approximate surface area is 80.3 Å². The van der Waals surface area contributed by atoms with E-state index >= 15 is 0 Å². The molecule has 0 N–H and O–H groups in total. The lowest BCUT2D eigenvalue weighted by atomic mass is 10.1. The average Bonchev–Trinajstić information content (AvgIpc) is 2.27. The van der Waals surface area contributed by atoms with Gasteiger partial charge in [-0.1, -0.05) is 24.3 Å². The number of carbonyl (C=O) groups excluding carboxylic acids is 1. The normalized spacial score (nSPS) is 10.0. The van der Waals surface area contributed by atoms with E-state index in [2.05, 4.69) is 5.18 Å². The molecular formula is C11H7NO2. The molecule has 3 nitrogen and oxygen atoms in total. The number of hydrogen-bond donors (Lipinski definition) is 0. The Kier molecular flexibility index (Phi) is 2.07. The fourth-order valence-corrected chi connectivity index (χ4v) is 1.46. The van der Waals surface area contributed by atoms with Crippen molar-refractivity contribution in [2.24, 2.45) is 5.18 Å². The summed E-state index contributed by atoms with van der Waals surface area (Å²) < 4.78 is 0. The highest BCUT2D eigenvalue weighted by atomic mass is 16.3. The first kappa shape index (κ1) is 8.56. The number of hydrogen-bond acceptors (Lipinski definition) is 3. The molecule has 68 valence electrons. The van der Waals surface area contributed by atoms with Gasteiger partial charge in [0.15, 0.2) is 6.29 Å². The maximum Gasteiger partial charge on any atom is 0.150 e. The predicted octanol–water partition coefficient (Wildman–Crippen LogP) is 3.05. The minimum atomic E-state index is 0.376. The van der Waals surface area contributed by atoms with Crippen molar-refractivity contribution in [3.8, 4) is 0 Å². The van der Waals surface area contributed by atoms with Crippen LogP contribution in [0.4, 0.5) is 5.69 Å². The SMILES string of the molecule is O=Cc1cccc2cc(N=O)ccc12. The Morgan fingerprint density at radius 2 is 2.00 bits per heavy atom. The summed E-state index contributed by atoms with van der Waals surface area (Å²) in [6.45, 7) is 0. The molecular weight excluding hydrogens is 178 g/mol. The fourth-order valence-electron chi connectivity index (χ4n) is 1.46. The Morgan fingerprint density at radius 3 is 2.71 bits per heavy atom. The highest BCUT2D eigenvalue weighted by Crippen LogP contribution is 2.22. The second kappa shape index (κ2) is 3.38. The average molecular weight is 185 g/mol. The van der Waals surface area contributed by atoms with E-state index in [-0.39, 0.29) is 0 Å². The second-order valence-corrected chi connectivity index (χ2v) is 2.96. The lowest BCUT2D eigenvalue weighted by Gasteiger charge is -1.99. The number of fused-ring (bicyclic) bond motifs is 1. The van der Waals surface area contributed by atoms with Crippen LogP contribution in [0.3, 0.4) is 0 Å². The number of rotatable bonds is 2. The molecule has 0 aliphatic rings. The van der Waals surface area contributed by atoms with Gasteiger partial charge in [-0.25, -0.2) is 0 Å². The summed E-state index contributed by atoms with van der Waals surface area (Å²) in [5.74, 6) is 0. The van der Waals surface area contributed by atoms with Crippen molar-refractivity contribution in [1.82, 2.24) is 0 Å². The van der Waals surface area contributed by atoms with Gasteiger partial charge in [0, 0.05) is 5.56 Å². The zero-order chi connectivity index (χ0) is 9.97. The zero-order valence-electron chi connectivity index (χ0n) is 7.31. The van der Waals surface area contributed by atoms with Gasteiger partial charge < -0.3 is 0 Å². The van der Waals surface area contributed by atoms with Crippen molar-refractivity contribution >= 4 is 22.7 Å². The quantitative estimate of drug-likeness (QED) is 0.533. The van der Waals surface area contributed by atoms with E-state index in [1.165, 1.54) is 0 Å². The number of nitroso groups, excluding NO2 is 1. The van der Waals surface area contributed by atoms with Gasteiger partial charge in [0.05, 0.1) is 0 Å². The van der Waals surface area contributed by atoms with Crippen molar-refractivity contribution in [2.45, 2.75) is 0 Å². The number of aldehydes is 1. The molecule has 2 aromatic rings. The maximum absolute atomic E-state index is 10.7. The molecule has 0 aliphatic carbocycles. The standard InChI is InChI=1S/C11H7NO2/c13-7-9-3-1-2-8-6-10(12-14)4-5-11(8)9/h1-7H. The van der Waals surface area contributed by atoms with Crippen molar-refractivity contribution in [3.63, 3.8) is 0 Å². The molecule has 2 aromatic carbocycles. The van der Waals surface area contributed by atoms with Gasteiger partial charge in [0.2, 0.25) is 0 Å². The summed E-state index contributed by atoms with van der Waals surface area (Å²) in [6, 6.07) is 10.4. The highest BCUT2D eigenvalue weighted by molar-refractivity contribution is 5.98. The molecule has 0 heterocycles. The van der Waals surface area contributed by atoms with Crippen LogP contribution in [-0.4, -0.2) is 6.29 Å². The summed E-state index contributed by atoms with van der Waals surface area (Å²) in [6.07, 6.45) is 0.802. The molecule has 0 spiro atoms. The smallest absolute Gasteiger partial charge is 0.150 e. The minimum Gasteiger partial charge on any atom is -0.298 e. The van der Waals surface area contributed by atoms with E-state index in [1.807, 2.05) is 6.07 Å². The van der Waals surface area contributed by atoms with Crippen molar-refractivity contribution < 1.29 is 4.79 Å². The van der Waals surface area contributed by atoms with Crippen molar-refractivity contribution in [2.75, 3.05) is 0 Å². The molecule has 0 fully saturated rings. The van der Waals surface area contributed by atoms with Gasteiger partial charge in [0.25, 0.3) is 0 Å². The lowest BCUT2D eigenvalue weighted by molar-refractivity contribution is 0.112. The Balaban J connectivity index is 2.79. The van der Waals surface area contributed by atoms with Crippen LogP contribution in [0.15, 0.2) is 41.6 Å². The van der Waals surface area contributed by atoms with Gasteiger partial charge in [-0.2, -0.15) is 0 Å². The van der Waals surface area contributed by atoms with E-state index in [4.69, 9.17) is 0 Å². The first-order valence-electron chi connectivity index (χ1n) is 4.16. The summed E-state index contributed by atoms with van der Waals surface area (Å²) in [5.41, 5.74) is 1.00. The van der Waals surface area contributed by atoms with Crippen LogP contribution in [0, 0.1) is 4.91 Å². The maximum atomic E-state index is 10.7. The van der Waals surface area contributed by atoms with Crippen LogP contribution in [-0.2, 0) is 0 Å². The molecule has 0 bridgehead atoms. The van der Waals surface area contributed by atoms with E-state index in [0.29, 0.717) is 11.3 Å². The Bertz CT molecular complexity index is 506. The second-order valence-electron chi connectivity index (χ2n) is 2.96. The van der Waals surface area contributed by atoms with Crippen molar-refractivity contribution in [1.29, 1.82) is 0 Å². The van der Waals surface area contributed by atoms with E-state index in [9.17, 15) is 9.70 Å². The van der Waals surface area contributed by atoms with Crippen LogP contribution in [0.2, 0.25) is 0 Å². The predicted molar refractivity (Wildman–Crippen MR) is 54.8 cm³/mol. The summed E-state index contributed by atoms with van der Waals surface area (Å²) in [4.78, 5) is 21.0. The van der Waals surface area contributed by atoms with E-state index < -0.39 is 0 Å². The summed E-state index contributed by atoms with van der Waals surface area (Å²) in [5, 5.41) is 4.53. The Hall–Kier alpha value is -2.03. The van der Waals surface area contributed by atoms with Gasteiger partial charge in [-0.3, -0.25) is 4.79 Å². The monoisotopic (exact) mass is 185 g/mol. The van der Waals surface area contributed by atoms with Gasteiger partial charge >= 0.3 is 0 Å². The number of carbonyl (C=O) groups is 1. The first-order valence-corrected chi connectivity index (χ1v) is 4.16. The van der Waals surface area contributed by atoms with E-state index in [0.717, 1.165) is 17.1 Å².